The van der Waals surface area contributed by atoms with Crippen LogP contribution in [-0.4, -0.2) is 15.8 Å². The third kappa shape index (κ3) is 4.31. The van der Waals surface area contributed by atoms with Crippen LogP contribution in [0.4, 0.5) is 23.1 Å². The van der Waals surface area contributed by atoms with Gasteiger partial charge in [0, 0.05) is 23.0 Å². The Morgan fingerprint density at radius 3 is 2.54 bits per heavy atom. The van der Waals surface area contributed by atoms with Gasteiger partial charge >= 0.3 is 0 Å². The largest absolute Gasteiger partial charge is 0.340 e. The van der Waals surface area contributed by atoms with E-state index >= 15 is 0 Å². The quantitative estimate of drug-likeness (QED) is 0.543. The molecule has 1 aromatic heterocycles. The number of hydrogen-bond donors (Lipinski definition) is 2. The smallest absolute Gasteiger partial charge is 0.229 e. The molecule has 0 aliphatic carbocycles. The minimum atomic E-state index is 0.00507. The summed E-state index contributed by atoms with van der Waals surface area (Å²) >= 11 is 12.2. The predicted molar refractivity (Wildman–Crippen MR) is 106 cm³/mol. The summed E-state index contributed by atoms with van der Waals surface area (Å²) in [6.07, 6.45) is 0. The Hall–Kier alpha value is -2.63. The predicted octanol–water partition coefficient (Wildman–Crippen LogP) is 5.78. The van der Waals surface area contributed by atoms with Crippen LogP contribution in [0.15, 0.2) is 48.5 Å². The molecule has 2 aromatic carbocycles. The summed E-state index contributed by atoms with van der Waals surface area (Å²) in [5.74, 6) is 0.990. The maximum Gasteiger partial charge on any atom is 0.229 e. The van der Waals surface area contributed by atoms with Gasteiger partial charge in [0.2, 0.25) is 5.95 Å². The van der Waals surface area contributed by atoms with Crippen molar-refractivity contribution in [3.05, 3.63) is 69.8 Å². The van der Waals surface area contributed by atoms with Gasteiger partial charge in [-0.05, 0) is 38.1 Å². The molecule has 5 nitrogen and oxygen atoms in total. The number of anilines is 4. The Kier molecular flexibility index (Phi) is 5.40. The Bertz CT molecular complexity index is 976. The second-order valence-electron chi connectivity index (χ2n) is 5.71. The van der Waals surface area contributed by atoms with Crippen molar-refractivity contribution in [3.63, 3.8) is 0 Å². The van der Waals surface area contributed by atoms with Crippen LogP contribution >= 0.6 is 23.2 Å². The van der Waals surface area contributed by atoms with Crippen LogP contribution in [-0.2, 0) is 0 Å². The fraction of sp³-hybridized carbons (Fsp3) is 0.105. The molecule has 7 heteroatoms. The van der Waals surface area contributed by atoms with Crippen LogP contribution < -0.4 is 10.6 Å². The van der Waals surface area contributed by atoms with E-state index in [-0.39, 0.29) is 5.78 Å². The van der Waals surface area contributed by atoms with E-state index in [2.05, 4.69) is 20.6 Å². The molecule has 132 valence electrons. The summed E-state index contributed by atoms with van der Waals surface area (Å²) in [6, 6.07) is 14.3. The topological polar surface area (TPSA) is 66.9 Å². The van der Waals surface area contributed by atoms with Crippen molar-refractivity contribution in [2.75, 3.05) is 10.6 Å². The minimum absolute atomic E-state index is 0.00507. The van der Waals surface area contributed by atoms with Gasteiger partial charge in [-0.3, -0.25) is 4.79 Å². The molecule has 0 saturated heterocycles. The lowest BCUT2D eigenvalue weighted by molar-refractivity contribution is 0.101. The van der Waals surface area contributed by atoms with E-state index in [9.17, 15) is 4.79 Å². The number of aromatic nitrogens is 2. The Morgan fingerprint density at radius 1 is 1.00 bits per heavy atom. The zero-order chi connectivity index (χ0) is 18.7. The number of hydrogen-bond acceptors (Lipinski definition) is 5. The van der Waals surface area contributed by atoms with Gasteiger partial charge in [0.1, 0.15) is 5.82 Å². The summed E-state index contributed by atoms with van der Waals surface area (Å²) < 4.78 is 0. The molecule has 0 atom stereocenters. The van der Waals surface area contributed by atoms with E-state index in [1.165, 1.54) is 6.92 Å². The van der Waals surface area contributed by atoms with Crippen LogP contribution in [0.3, 0.4) is 0 Å². The molecule has 2 N–H and O–H groups in total. The first-order valence-corrected chi connectivity index (χ1v) is 8.63. The molecule has 0 fully saturated rings. The molecule has 3 rings (SSSR count). The van der Waals surface area contributed by atoms with E-state index in [4.69, 9.17) is 23.2 Å². The minimum Gasteiger partial charge on any atom is -0.340 e. The first-order valence-electron chi connectivity index (χ1n) is 7.87. The zero-order valence-electron chi connectivity index (χ0n) is 14.2. The normalized spacial score (nSPS) is 10.5. The summed E-state index contributed by atoms with van der Waals surface area (Å²) in [4.78, 5) is 20.4. The van der Waals surface area contributed by atoms with Gasteiger partial charge in [-0.1, -0.05) is 41.4 Å². The van der Waals surface area contributed by atoms with E-state index < -0.39 is 0 Å². The fourth-order valence-electron chi connectivity index (χ4n) is 2.37. The lowest BCUT2D eigenvalue weighted by atomic mass is 10.1. The lowest BCUT2D eigenvalue weighted by Crippen LogP contribution is -2.03. The first kappa shape index (κ1) is 18.2. The number of carbonyl (C=O) groups is 1. The molecule has 0 aliphatic rings. The summed E-state index contributed by atoms with van der Waals surface area (Å²) in [6.45, 7) is 3.40. The number of ketones is 1. The molecule has 26 heavy (non-hydrogen) atoms. The average molecular weight is 387 g/mol. The summed E-state index contributed by atoms with van der Waals surface area (Å²) in [5, 5.41) is 7.12. The van der Waals surface area contributed by atoms with Crippen molar-refractivity contribution in [2.45, 2.75) is 13.8 Å². The molecule has 0 radical (unpaired) electrons. The number of Topliss-reactive ketones (excluding diaryl/α,β-unsaturated/α-hetero) is 1. The van der Waals surface area contributed by atoms with Crippen LogP contribution in [0.1, 0.15) is 23.0 Å². The highest BCUT2D eigenvalue weighted by Gasteiger charge is 2.08. The number of rotatable bonds is 5. The Balaban J connectivity index is 1.87. The monoisotopic (exact) mass is 386 g/mol. The highest BCUT2D eigenvalue weighted by Crippen LogP contribution is 2.31. The number of halogens is 2. The molecular formula is C19H16Cl2N4O. The summed E-state index contributed by atoms with van der Waals surface area (Å²) in [7, 11) is 0. The molecule has 0 aliphatic heterocycles. The van der Waals surface area contributed by atoms with Crippen molar-refractivity contribution in [3.8, 4) is 0 Å². The molecule has 0 spiro atoms. The van der Waals surface area contributed by atoms with Crippen molar-refractivity contribution >= 4 is 52.1 Å². The van der Waals surface area contributed by atoms with Crippen LogP contribution in [0.2, 0.25) is 10.0 Å². The van der Waals surface area contributed by atoms with E-state index in [1.54, 1.807) is 30.3 Å². The Labute approximate surface area is 161 Å². The third-order valence-electron chi connectivity index (χ3n) is 3.59. The van der Waals surface area contributed by atoms with Crippen molar-refractivity contribution in [2.24, 2.45) is 0 Å². The number of nitrogens with zero attached hydrogens (tertiary/aromatic N) is 2. The number of aryl methyl sites for hydroxylation is 1. The third-order valence-corrected chi connectivity index (χ3v) is 4.41. The molecule has 0 saturated carbocycles. The molecule has 0 bridgehead atoms. The maximum absolute atomic E-state index is 11.5. The van der Waals surface area contributed by atoms with Crippen LogP contribution in [0, 0.1) is 6.92 Å². The van der Waals surface area contributed by atoms with Crippen molar-refractivity contribution in [1.29, 1.82) is 0 Å². The number of benzene rings is 2. The number of nitrogens with one attached hydrogen (secondary N) is 2. The highest BCUT2D eigenvalue weighted by molar-refractivity contribution is 6.43. The average Bonchev–Trinajstić information content (AvgIpc) is 2.59. The molecular weight excluding hydrogens is 371 g/mol. The first-order chi connectivity index (χ1) is 12.4. The fourth-order valence-corrected chi connectivity index (χ4v) is 2.72. The lowest BCUT2D eigenvalue weighted by Gasteiger charge is -2.11. The van der Waals surface area contributed by atoms with Crippen molar-refractivity contribution in [1.82, 2.24) is 9.97 Å². The highest BCUT2D eigenvalue weighted by atomic mass is 35.5. The zero-order valence-corrected chi connectivity index (χ0v) is 15.7. The standard InChI is InChI=1S/C19H16Cl2N4O/c1-11-9-17(23-14-6-3-5-13(10-14)12(2)26)25-19(22-11)24-16-8-4-7-15(20)18(16)21/h3-10H,1-2H3,(H2,22,23,24,25). The second-order valence-corrected chi connectivity index (χ2v) is 6.49. The van der Waals surface area contributed by atoms with Gasteiger partial charge in [0.25, 0.3) is 0 Å². The SMILES string of the molecule is CC(=O)c1cccc(Nc2cc(C)nc(Nc3cccc(Cl)c3Cl)n2)c1. The molecule has 1 heterocycles. The van der Waals surface area contributed by atoms with Crippen LogP contribution in [0.25, 0.3) is 0 Å². The molecule has 0 unspecified atom stereocenters. The molecule has 3 aromatic rings. The van der Waals surface area contributed by atoms with Gasteiger partial charge in [0.05, 0.1) is 15.7 Å². The number of carbonyl (C=O) groups excluding carboxylic acids is 1. The Morgan fingerprint density at radius 2 is 1.77 bits per heavy atom. The van der Waals surface area contributed by atoms with Gasteiger partial charge in [-0.15, -0.1) is 0 Å². The van der Waals surface area contributed by atoms with Crippen LogP contribution in [0.5, 0.6) is 0 Å². The van der Waals surface area contributed by atoms with E-state index in [0.717, 1.165) is 11.4 Å². The van der Waals surface area contributed by atoms with E-state index in [1.807, 2.05) is 25.1 Å². The van der Waals surface area contributed by atoms with E-state index in [0.29, 0.717) is 33.1 Å². The maximum atomic E-state index is 11.5. The second kappa shape index (κ2) is 7.72. The summed E-state index contributed by atoms with van der Waals surface area (Å²) in [5.41, 5.74) is 2.78. The van der Waals surface area contributed by atoms with Gasteiger partial charge < -0.3 is 10.6 Å². The van der Waals surface area contributed by atoms with Crippen molar-refractivity contribution < 1.29 is 4.79 Å². The van der Waals surface area contributed by atoms with Gasteiger partial charge in [0.15, 0.2) is 5.78 Å². The van der Waals surface area contributed by atoms with Gasteiger partial charge in [-0.25, -0.2) is 4.98 Å². The van der Waals surface area contributed by atoms with Gasteiger partial charge in [-0.2, -0.15) is 4.98 Å². The molecule has 0 amide bonds.